The highest BCUT2D eigenvalue weighted by Crippen LogP contribution is 2.63. The molecule has 0 unspecified atom stereocenters. The van der Waals surface area contributed by atoms with E-state index in [-0.39, 0.29) is 16.4 Å². The molecule has 2 saturated carbocycles. The Morgan fingerprint density at radius 1 is 1.19 bits per heavy atom. The van der Waals surface area contributed by atoms with Gasteiger partial charge >= 0.3 is 0 Å². The molecule has 31 heavy (non-hydrogen) atoms. The normalized spacial score (nSPS) is 35.4. The van der Waals surface area contributed by atoms with Gasteiger partial charge in [0.25, 0.3) is 0 Å². The van der Waals surface area contributed by atoms with Gasteiger partial charge in [0.05, 0.1) is 7.11 Å². The molecule has 2 fully saturated rings. The van der Waals surface area contributed by atoms with Crippen LogP contribution >= 0.6 is 0 Å². The van der Waals surface area contributed by atoms with Crippen LogP contribution in [0.3, 0.4) is 0 Å². The van der Waals surface area contributed by atoms with E-state index in [4.69, 9.17) is 9.16 Å². The van der Waals surface area contributed by atoms with Crippen LogP contribution in [0.25, 0.3) is 0 Å². The summed E-state index contributed by atoms with van der Waals surface area (Å²) in [4.78, 5) is 13.3. The number of ether oxygens (including phenoxy) is 1. The summed E-state index contributed by atoms with van der Waals surface area (Å²) in [7, 11) is -0.111. The van der Waals surface area contributed by atoms with Crippen molar-refractivity contribution < 1.29 is 14.0 Å². The zero-order valence-electron chi connectivity index (χ0n) is 20.9. The van der Waals surface area contributed by atoms with Gasteiger partial charge in [-0.15, -0.1) is 0 Å². The van der Waals surface area contributed by atoms with Crippen LogP contribution in [0.4, 0.5) is 0 Å². The third-order valence-electron chi connectivity index (χ3n) is 9.74. The average Bonchev–Trinajstić information content (AvgIpc) is 2.94. The molecule has 172 valence electrons. The van der Waals surface area contributed by atoms with Gasteiger partial charge in [-0.1, -0.05) is 40.7 Å². The van der Waals surface area contributed by atoms with Gasteiger partial charge in [0, 0.05) is 18.9 Å². The average molecular weight is 443 g/mol. The number of benzene rings is 1. The lowest BCUT2D eigenvalue weighted by atomic mass is 9.52. The van der Waals surface area contributed by atoms with Gasteiger partial charge in [-0.3, -0.25) is 4.79 Å². The number of hydrogen-bond donors (Lipinski definition) is 0. The van der Waals surface area contributed by atoms with Crippen molar-refractivity contribution in [1.82, 2.24) is 0 Å². The predicted molar refractivity (Wildman–Crippen MR) is 129 cm³/mol. The Bertz CT molecular complexity index is 855. The van der Waals surface area contributed by atoms with Gasteiger partial charge in [-0.05, 0) is 89.7 Å². The Hall–Kier alpha value is -1.13. The number of carbonyl (C=O) groups is 1. The molecule has 0 bridgehead atoms. The third-order valence-corrected chi connectivity index (χ3v) is 14.2. The fourth-order valence-corrected chi connectivity index (χ4v) is 7.79. The van der Waals surface area contributed by atoms with E-state index in [1.54, 1.807) is 7.11 Å². The quantitative estimate of drug-likeness (QED) is 0.492. The van der Waals surface area contributed by atoms with Crippen LogP contribution in [0.2, 0.25) is 18.1 Å². The minimum Gasteiger partial charge on any atom is -0.497 e. The Kier molecular flexibility index (Phi) is 5.74. The summed E-state index contributed by atoms with van der Waals surface area (Å²) in [5, 5.41) is 0.176. The number of methoxy groups -OCH3 is 1. The van der Waals surface area contributed by atoms with Crippen LogP contribution in [-0.4, -0.2) is 27.8 Å². The van der Waals surface area contributed by atoms with Gasteiger partial charge in [0.2, 0.25) is 0 Å². The second kappa shape index (κ2) is 7.73. The predicted octanol–water partition coefficient (Wildman–Crippen LogP) is 6.61. The number of fused-ring (bicyclic) bond motifs is 5. The van der Waals surface area contributed by atoms with Crippen LogP contribution in [0.1, 0.15) is 70.9 Å². The molecule has 0 aliphatic heterocycles. The molecular formula is C27H42O3Si. The summed E-state index contributed by atoms with van der Waals surface area (Å²) in [6.07, 6.45) is 4.16. The second-order valence-corrected chi connectivity index (χ2v) is 17.2. The minimum atomic E-state index is -1.86. The highest BCUT2D eigenvalue weighted by molar-refractivity contribution is 6.74. The van der Waals surface area contributed by atoms with Gasteiger partial charge in [0.15, 0.2) is 8.32 Å². The van der Waals surface area contributed by atoms with Crippen LogP contribution in [-0.2, 0) is 15.6 Å². The van der Waals surface area contributed by atoms with Crippen LogP contribution in [0, 0.1) is 29.1 Å². The lowest BCUT2D eigenvalue weighted by Gasteiger charge is -2.53. The van der Waals surface area contributed by atoms with Crippen molar-refractivity contribution in [2.24, 2.45) is 29.1 Å². The molecule has 1 aromatic rings. The SMILES string of the molecule is COc1ccc2c(c1)C[C@@H](C)[C@@H]1[C@@H]2CC[C@]2(C)[C@H](CO[Si](C)(C)C(C)(C)C)C(=O)C[C@H]12. The third kappa shape index (κ3) is 3.72. The molecule has 0 spiro atoms. The number of hydrogen-bond acceptors (Lipinski definition) is 3. The van der Waals surface area contributed by atoms with E-state index in [0.29, 0.717) is 36.1 Å². The Labute approximate surface area is 190 Å². The fraction of sp³-hybridized carbons (Fsp3) is 0.741. The lowest BCUT2D eigenvalue weighted by molar-refractivity contribution is -0.123. The van der Waals surface area contributed by atoms with Crippen molar-refractivity contribution in [3.05, 3.63) is 29.3 Å². The standard InChI is InChI=1S/C27H42O3Si/c1-17-13-18-14-19(29-6)9-10-20(18)21-11-12-27(5)22(25(17)21)15-24(28)23(27)16-30-31(7,8)26(2,3)4/h9-10,14,17,21-23,25H,11-13,15-16H2,1-8H3/t17-,21-,22-,23-,25-,27+/m1/s1. The lowest BCUT2D eigenvalue weighted by Crippen LogP contribution is -2.48. The maximum atomic E-state index is 13.3. The van der Waals surface area contributed by atoms with Crippen molar-refractivity contribution in [3.63, 3.8) is 0 Å². The number of rotatable bonds is 4. The smallest absolute Gasteiger partial charge is 0.192 e. The van der Waals surface area contributed by atoms with Crippen LogP contribution in [0.15, 0.2) is 18.2 Å². The molecule has 0 aromatic heterocycles. The molecule has 0 saturated heterocycles. The summed E-state index contributed by atoms with van der Waals surface area (Å²) in [5.41, 5.74) is 3.05. The molecule has 6 atom stereocenters. The first-order chi connectivity index (χ1) is 14.4. The number of carbonyl (C=O) groups excluding carboxylic acids is 1. The fourth-order valence-electron chi connectivity index (χ4n) is 6.77. The van der Waals surface area contributed by atoms with Crippen molar-refractivity contribution in [2.45, 2.75) is 84.4 Å². The van der Waals surface area contributed by atoms with Gasteiger partial charge in [-0.25, -0.2) is 0 Å². The van der Waals surface area contributed by atoms with E-state index in [1.807, 2.05) is 0 Å². The van der Waals surface area contributed by atoms with E-state index in [1.165, 1.54) is 17.5 Å². The summed E-state index contributed by atoms with van der Waals surface area (Å²) in [6, 6.07) is 6.66. The summed E-state index contributed by atoms with van der Waals surface area (Å²) in [5.74, 6) is 3.75. The van der Waals surface area contributed by atoms with E-state index in [2.05, 4.69) is 65.9 Å². The van der Waals surface area contributed by atoms with Gasteiger partial charge < -0.3 is 9.16 Å². The summed E-state index contributed by atoms with van der Waals surface area (Å²) < 4.78 is 12.1. The van der Waals surface area contributed by atoms with Crippen molar-refractivity contribution >= 4 is 14.1 Å². The topological polar surface area (TPSA) is 35.5 Å². The van der Waals surface area contributed by atoms with Crippen LogP contribution < -0.4 is 4.74 Å². The first-order valence-electron chi connectivity index (χ1n) is 12.2. The summed E-state index contributed by atoms with van der Waals surface area (Å²) in [6.45, 7) is 16.9. The monoisotopic (exact) mass is 442 g/mol. The molecule has 0 amide bonds. The molecule has 0 radical (unpaired) electrons. The molecule has 0 heterocycles. The largest absolute Gasteiger partial charge is 0.497 e. The number of Topliss-reactive ketones (excluding diaryl/α,β-unsaturated/α-hetero) is 1. The highest BCUT2D eigenvalue weighted by Gasteiger charge is 2.59. The summed E-state index contributed by atoms with van der Waals surface area (Å²) >= 11 is 0. The molecule has 3 nitrogen and oxygen atoms in total. The molecular weight excluding hydrogens is 400 g/mol. The number of ketones is 1. The molecule has 3 aliphatic rings. The Morgan fingerprint density at radius 3 is 2.55 bits per heavy atom. The van der Waals surface area contributed by atoms with E-state index >= 15 is 0 Å². The molecule has 1 aromatic carbocycles. The molecule has 4 rings (SSSR count). The maximum Gasteiger partial charge on any atom is 0.192 e. The maximum absolute atomic E-state index is 13.3. The molecule has 4 heteroatoms. The van der Waals surface area contributed by atoms with Crippen LogP contribution in [0.5, 0.6) is 5.75 Å². The minimum absolute atomic E-state index is 0.0667. The highest BCUT2D eigenvalue weighted by atomic mass is 28.4. The van der Waals surface area contributed by atoms with Crippen molar-refractivity contribution in [2.75, 3.05) is 13.7 Å². The second-order valence-electron chi connectivity index (χ2n) is 12.4. The van der Waals surface area contributed by atoms with E-state index in [0.717, 1.165) is 25.0 Å². The Morgan fingerprint density at radius 2 is 1.90 bits per heavy atom. The Balaban J connectivity index is 1.59. The van der Waals surface area contributed by atoms with Crippen molar-refractivity contribution in [3.8, 4) is 5.75 Å². The van der Waals surface area contributed by atoms with Gasteiger partial charge in [0.1, 0.15) is 11.5 Å². The van der Waals surface area contributed by atoms with Crippen molar-refractivity contribution in [1.29, 1.82) is 0 Å². The zero-order chi connectivity index (χ0) is 22.8. The zero-order valence-corrected chi connectivity index (χ0v) is 21.9. The first kappa shape index (κ1) is 23.0. The first-order valence-corrected chi connectivity index (χ1v) is 15.1. The van der Waals surface area contributed by atoms with E-state index < -0.39 is 8.32 Å². The van der Waals surface area contributed by atoms with Gasteiger partial charge in [-0.2, -0.15) is 0 Å². The van der Waals surface area contributed by atoms with E-state index in [9.17, 15) is 4.79 Å². The molecule has 0 N–H and O–H groups in total. The molecule has 3 aliphatic carbocycles.